The zero-order chi connectivity index (χ0) is 5.86. The molecule has 0 aliphatic heterocycles. The van der Waals surface area contributed by atoms with E-state index in [1.165, 1.54) is 0 Å². The van der Waals surface area contributed by atoms with Gasteiger partial charge in [0.2, 0.25) is 0 Å². The molecule has 1 radical (unpaired) electrons. The molecule has 0 amide bonds. The third kappa shape index (κ3) is 6.82. The first-order valence-corrected chi connectivity index (χ1v) is 5.77. The molecule has 0 atom stereocenters. The van der Waals surface area contributed by atoms with Crippen molar-refractivity contribution in [2.45, 2.75) is 35.4 Å². The maximum atomic E-state index is 2.33. The number of rotatable bonds is 2. The molecule has 0 rings (SSSR count). The van der Waals surface area contributed by atoms with E-state index >= 15 is 0 Å². The molecule has 1 heteroatoms. The van der Waals surface area contributed by atoms with Crippen molar-refractivity contribution in [1.82, 2.24) is 0 Å². The summed E-state index contributed by atoms with van der Waals surface area (Å²) in [6, 6.07) is 0. The molecule has 0 aliphatic rings. The van der Waals surface area contributed by atoms with E-state index < -0.39 is 0 Å². The molecule has 0 aromatic carbocycles. The molecule has 0 saturated heterocycles. The second-order valence-corrected chi connectivity index (χ2v) is 9.08. The molecule has 43 valence electrons. The standard InChI is InChI=1S/2C3H7.Sb/c2*1-3-2;/h2*3H,1-2H3;. The van der Waals surface area contributed by atoms with Crippen LogP contribution in [-0.4, -0.2) is 21.6 Å². The van der Waals surface area contributed by atoms with Gasteiger partial charge in [0.1, 0.15) is 0 Å². The van der Waals surface area contributed by atoms with Gasteiger partial charge in [-0.2, -0.15) is 0 Å². The van der Waals surface area contributed by atoms with Gasteiger partial charge < -0.3 is 0 Å². The van der Waals surface area contributed by atoms with Gasteiger partial charge in [-0.3, -0.25) is 0 Å². The van der Waals surface area contributed by atoms with Gasteiger partial charge in [-0.05, 0) is 0 Å². The first-order chi connectivity index (χ1) is 3.13. The van der Waals surface area contributed by atoms with Crippen molar-refractivity contribution < 1.29 is 0 Å². The van der Waals surface area contributed by atoms with Crippen LogP contribution in [0.15, 0.2) is 0 Å². The third-order valence-corrected chi connectivity index (χ3v) is 4.00. The Morgan fingerprint density at radius 3 is 1.14 bits per heavy atom. The van der Waals surface area contributed by atoms with E-state index in [0.717, 1.165) is 7.73 Å². The van der Waals surface area contributed by atoms with Gasteiger partial charge >= 0.3 is 57.0 Å². The topological polar surface area (TPSA) is 0 Å². The van der Waals surface area contributed by atoms with Crippen molar-refractivity contribution in [2.24, 2.45) is 0 Å². The summed E-state index contributed by atoms with van der Waals surface area (Å²) in [6.45, 7) is 9.32. The molecule has 0 heterocycles. The Morgan fingerprint density at radius 2 is 1.14 bits per heavy atom. The summed E-state index contributed by atoms with van der Waals surface area (Å²) in [6.07, 6.45) is 0. The molecule has 0 aromatic heterocycles. The Morgan fingerprint density at radius 1 is 0.857 bits per heavy atom. The van der Waals surface area contributed by atoms with Gasteiger partial charge in [0.15, 0.2) is 0 Å². The fourth-order valence-electron chi connectivity index (χ4n) is 0.596. The van der Waals surface area contributed by atoms with Crippen LogP contribution in [0.25, 0.3) is 0 Å². The summed E-state index contributed by atoms with van der Waals surface area (Å²) < 4.78 is 2.05. The van der Waals surface area contributed by atoms with Crippen LogP contribution in [0.1, 0.15) is 27.7 Å². The Balaban J connectivity index is 2.95. The Bertz CT molecular complexity index is 33.4. The Hall–Kier alpha value is 0.818. The van der Waals surface area contributed by atoms with Crippen molar-refractivity contribution in [3.63, 3.8) is 0 Å². The monoisotopic (exact) mass is 207 g/mol. The van der Waals surface area contributed by atoms with Gasteiger partial charge in [-0.25, -0.2) is 0 Å². The number of hydrogen-bond donors (Lipinski definition) is 0. The molecule has 0 nitrogen and oxygen atoms in total. The van der Waals surface area contributed by atoms with Crippen LogP contribution in [0.4, 0.5) is 0 Å². The molecular weight excluding hydrogens is 194 g/mol. The molecule has 0 unspecified atom stereocenters. The van der Waals surface area contributed by atoms with E-state index in [2.05, 4.69) is 27.7 Å². The van der Waals surface area contributed by atoms with Crippen molar-refractivity contribution in [3.05, 3.63) is 0 Å². The van der Waals surface area contributed by atoms with Crippen molar-refractivity contribution >= 4 is 21.6 Å². The van der Waals surface area contributed by atoms with E-state index in [1.807, 2.05) is 0 Å². The minimum absolute atomic E-state index is 0.194. The van der Waals surface area contributed by atoms with E-state index in [1.54, 1.807) is 0 Å². The van der Waals surface area contributed by atoms with E-state index in [4.69, 9.17) is 0 Å². The molecular formula is C6H14Sb. The minimum atomic E-state index is 0.194. The van der Waals surface area contributed by atoms with Crippen LogP contribution in [0, 0.1) is 0 Å². The van der Waals surface area contributed by atoms with Gasteiger partial charge in [0, 0.05) is 0 Å². The predicted octanol–water partition coefficient (Wildman–Crippen LogP) is 2.35. The second kappa shape index (κ2) is 3.78. The molecule has 7 heavy (non-hydrogen) atoms. The first kappa shape index (κ1) is 7.82. The van der Waals surface area contributed by atoms with Gasteiger partial charge in [0.05, 0.1) is 0 Å². The summed E-state index contributed by atoms with van der Waals surface area (Å²) in [7, 11) is 0. The zero-order valence-corrected chi connectivity index (χ0v) is 8.15. The van der Waals surface area contributed by atoms with Crippen LogP contribution in [-0.2, 0) is 0 Å². The normalized spacial score (nSPS) is 11.1. The van der Waals surface area contributed by atoms with E-state index in [0.29, 0.717) is 0 Å². The van der Waals surface area contributed by atoms with Crippen LogP contribution in [0.3, 0.4) is 0 Å². The molecule has 0 aromatic rings. The van der Waals surface area contributed by atoms with Crippen LogP contribution < -0.4 is 0 Å². The average Bonchev–Trinajstić information content (AvgIpc) is 1.27. The Labute approximate surface area is 57.2 Å². The quantitative estimate of drug-likeness (QED) is 0.611. The molecule has 0 N–H and O–H groups in total. The summed E-state index contributed by atoms with van der Waals surface area (Å²) in [5.41, 5.74) is 0. The Kier molecular flexibility index (Phi) is 4.22. The van der Waals surface area contributed by atoms with Crippen LogP contribution in [0.2, 0.25) is 7.73 Å². The number of hydrogen-bond acceptors (Lipinski definition) is 0. The fourth-order valence-corrected chi connectivity index (χ4v) is 4.00. The predicted molar refractivity (Wildman–Crippen MR) is 35.9 cm³/mol. The first-order valence-electron chi connectivity index (χ1n) is 2.83. The molecule has 0 aliphatic carbocycles. The summed E-state index contributed by atoms with van der Waals surface area (Å²) in [4.78, 5) is 0. The average molecular weight is 208 g/mol. The van der Waals surface area contributed by atoms with E-state index in [-0.39, 0.29) is 21.6 Å². The fraction of sp³-hybridized carbons (Fsp3) is 1.00. The maximum absolute atomic E-state index is 2.33. The summed E-state index contributed by atoms with van der Waals surface area (Å²) in [5.74, 6) is 0. The van der Waals surface area contributed by atoms with Crippen molar-refractivity contribution in [1.29, 1.82) is 0 Å². The van der Waals surface area contributed by atoms with Crippen molar-refractivity contribution in [3.8, 4) is 0 Å². The summed E-state index contributed by atoms with van der Waals surface area (Å²) in [5, 5.41) is 0. The van der Waals surface area contributed by atoms with Gasteiger partial charge in [-0.15, -0.1) is 0 Å². The zero-order valence-electron chi connectivity index (χ0n) is 5.60. The second-order valence-electron chi connectivity index (χ2n) is 2.34. The van der Waals surface area contributed by atoms with Gasteiger partial charge in [-0.1, -0.05) is 0 Å². The molecule has 0 fully saturated rings. The molecule has 0 spiro atoms. The third-order valence-electron chi connectivity index (χ3n) is 0.596. The van der Waals surface area contributed by atoms with Gasteiger partial charge in [0.25, 0.3) is 0 Å². The van der Waals surface area contributed by atoms with Crippen molar-refractivity contribution in [2.75, 3.05) is 0 Å². The van der Waals surface area contributed by atoms with Crippen LogP contribution >= 0.6 is 0 Å². The van der Waals surface area contributed by atoms with E-state index in [9.17, 15) is 0 Å². The molecule has 0 saturated carbocycles. The SMILES string of the molecule is C[CH](C)[Sb][CH](C)C. The van der Waals surface area contributed by atoms with Crippen LogP contribution in [0.5, 0.6) is 0 Å². The summed E-state index contributed by atoms with van der Waals surface area (Å²) >= 11 is 0.194. The molecule has 0 bridgehead atoms.